The number of hydrogen-bond acceptors (Lipinski definition) is 11. The number of H-pyrrole nitrogens is 1. The summed E-state index contributed by atoms with van der Waals surface area (Å²) in [7, 11) is -1.34. The van der Waals surface area contributed by atoms with Gasteiger partial charge in [-0.1, -0.05) is 0 Å². The number of rotatable bonds is 8. The summed E-state index contributed by atoms with van der Waals surface area (Å²) in [6, 6.07) is 3.07. The number of fused-ring (bicyclic) bond motifs is 3. The molecular weight excluding hydrogens is 561 g/mol. The Balaban J connectivity index is 1.08. The van der Waals surface area contributed by atoms with Crippen molar-refractivity contribution < 1.29 is 17.5 Å². The molecule has 4 N–H and O–H groups in total. The average molecular weight is 594 g/mol. The van der Waals surface area contributed by atoms with Crippen LogP contribution in [0.2, 0.25) is 0 Å². The zero-order valence-corrected chi connectivity index (χ0v) is 24.0. The Labute approximate surface area is 241 Å². The lowest BCUT2D eigenvalue weighted by molar-refractivity contribution is 0.439. The van der Waals surface area contributed by atoms with Crippen LogP contribution in [0, 0.1) is 17.2 Å². The lowest BCUT2D eigenvalue weighted by atomic mass is 10.0. The molecule has 1 spiro atoms. The number of nitrogens with one attached hydrogen (secondary N) is 2. The highest BCUT2D eigenvalue weighted by atomic mass is 32.2. The number of halogens is 1. The molecule has 0 unspecified atom stereocenters. The monoisotopic (exact) mass is 593 g/mol. The molecule has 12 nitrogen and oxygen atoms in total. The number of aromatic nitrogens is 5. The second-order valence-corrected chi connectivity index (χ2v) is 14.6. The Morgan fingerprint density at radius 3 is 2.57 bits per heavy atom. The Morgan fingerprint density at radius 1 is 1.14 bits per heavy atom. The van der Waals surface area contributed by atoms with Gasteiger partial charge in [-0.3, -0.25) is 0 Å². The summed E-state index contributed by atoms with van der Waals surface area (Å²) < 4.78 is 45.7. The van der Waals surface area contributed by atoms with Gasteiger partial charge in [0.1, 0.15) is 17.3 Å². The molecule has 1 atom stereocenters. The maximum atomic E-state index is 14.6. The normalized spacial score (nSPS) is 21.8. The number of sulfone groups is 1. The maximum Gasteiger partial charge on any atom is 0.326 e. The number of nitrogens with two attached hydrogens (primary N) is 1. The summed E-state index contributed by atoms with van der Waals surface area (Å²) >= 11 is 0. The van der Waals surface area contributed by atoms with Crippen molar-refractivity contribution in [2.45, 2.75) is 37.0 Å². The highest BCUT2D eigenvalue weighted by molar-refractivity contribution is 7.92. The lowest BCUT2D eigenvalue weighted by Gasteiger charge is -2.38. The molecule has 14 heteroatoms. The quantitative estimate of drug-likeness (QED) is 0.276. The highest BCUT2D eigenvalue weighted by Gasteiger charge is 2.54. The van der Waals surface area contributed by atoms with Gasteiger partial charge in [-0.2, -0.15) is 9.97 Å². The van der Waals surface area contributed by atoms with Crippen LogP contribution in [0.15, 0.2) is 24.5 Å². The van der Waals surface area contributed by atoms with Crippen molar-refractivity contribution in [2.24, 2.45) is 17.1 Å². The average Bonchev–Trinajstić information content (AvgIpc) is 3.83. The van der Waals surface area contributed by atoms with Crippen LogP contribution in [-0.4, -0.2) is 83.6 Å². The first-order chi connectivity index (χ1) is 20.2. The van der Waals surface area contributed by atoms with Crippen LogP contribution in [0.4, 0.5) is 21.8 Å². The van der Waals surface area contributed by atoms with E-state index in [1.54, 1.807) is 7.05 Å². The molecule has 2 aliphatic carbocycles. The molecule has 2 saturated heterocycles. The molecule has 1 aromatic carbocycles. The van der Waals surface area contributed by atoms with E-state index in [0.29, 0.717) is 65.2 Å². The molecule has 2 aliphatic heterocycles. The largest absolute Gasteiger partial charge is 0.421 e. The summed E-state index contributed by atoms with van der Waals surface area (Å²) in [4.78, 5) is 25.6. The van der Waals surface area contributed by atoms with E-state index < -0.39 is 9.84 Å². The SMILES string of the molecule is CNc1cc(F)cc2c1[nH]c1nc(Oc3cnc(N4CC(S(=O)(=O)CC5CC5)C4)nc3)nc(N3C[C@H](N)C4(CC4)C3)c12. The summed E-state index contributed by atoms with van der Waals surface area (Å²) in [5, 5.41) is 4.09. The second kappa shape index (κ2) is 9.11. The van der Waals surface area contributed by atoms with Gasteiger partial charge in [0, 0.05) is 50.1 Å². The first-order valence-corrected chi connectivity index (χ1v) is 16.1. The molecule has 0 bridgehead atoms. The zero-order valence-electron chi connectivity index (χ0n) is 23.2. The molecule has 3 aromatic heterocycles. The van der Waals surface area contributed by atoms with Crippen LogP contribution >= 0.6 is 0 Å². The molecule has 4 fully saturated rings. The van der Waals surface area contributed by atoms with Crippen molar-refractivity contribution in [3.05, 3.63) is 30.3 Å². The second-order valence-electron chi connectivity index (χ2n) is 12.3. The van der Waals surface area contributed by atoms with E-state index in [1.165, 1.54) is 24.5 Å². The van der Waals surface area contributed by atoms with Gasteiger partial charge >= 0.3 is 6.01 Å². The smallest absolute Gasteiger partial charge is 0.326 e. The van der Waals surface area contributed by atoms with Crippen LogP contribution in [0.25, 0.3) is 21.9 Å². The third-order valence-electron chi connectivity index (χ3n) is 9.28. The fraction of sp³-hybridized carbons (Fsp3) is 0.500. The number of benzene rings is 1. The minimum atomic E-state index is -3.08. The van der Waals surface area contributed by atoms with Crippen LogP contribution in [0.3, 0.4) is 0 Å². The van der Waals surface area contributed by atoms with E-state index in [0.717, 1.165) is 37.7 Å². The standard InChI is InChI=1S/C28H32FN9O3S/c1-31-20-7-16(29)6-19-22-24(34-23(19)20)35-27(36-25(22)38-12-21(30)28(14-38)4-5-28)41-17-8-32-26(33-9-17)37-10-18(11-37)42(39,40)13-15-2-3-15/h6-9,15,18,21,31H,2-5,10-14,30H2,1H3,(H,34,35,36)/t21-/m0/s1. The van der Waals surface area contributed by atoms with E-state index in [-0.39, 0.29) is 34.3 Å². The first kappa shape index (κ1) is 25.9. The number of anilines is 3. The predicted molar refractivity (Wildman–Crippen MR) is 157 cm³/mol. The minimum absolute atomic E-state index is 0.0347. The van der Waals surface area contributed by atoms with E-state index >= 15 is 0 Å². The van der Waals surface area contributed by atoms with Crippen molar-refractivity contribution in [3.8, 4) is 11.8 Å². The van der Waals surface area contributed by atoms with Gasteiger partial charge in [0.15, 0.2) is 15.6 Å². The third kappa shape index (κ3) is 4.30. The number of ether oxygens (including phenoxy) is 1. The van der Waals surface area contributed by atoms with E-state index in [2.05, 4.69) is 30.2 Å². The van der Waals surface area contributed by atoms with Crippen molar-refractivity contribution in [1.82, 2.24) is 24.9 Å². The number of hydrogen-bond donors (Lipinski definition) is 3. The molecule has 8 rings (SSSR count). The lowest BCUT2D eigenvalue weighted by Crippen LogP contribution is -2.56. The number of aromatic amines is 1. The van der Waals surface area contributed by atoms with Gasteiger partial charge in [0.25, 0.3) is 0 Å². The zero-order chi connectivity index (χ0) is 28.8. The van der Waals surface area contributed by atoms with Gasteiger partial charge < -0.3 is 30.6 Å². The van der Waals surface area contributed by atoms with Crippen LogP contribution in [-0.2, 0) is 9.84 Å². The predicted octanol–water partition coefficient (Wildman–Crippen LogP) is 2.82. The molecule has 2 saturated carbocycles. The summed E-state index contributed by atoms with van der Waals surface area (Å²) in [6.07, 6.45) is 7.27. The molecule has 42 heavy (non-hydrogen) atoms. The van der Waals surface area contributed by atoms with Gasteiger partial charge in [-0.05, 0) is 43.7 Å². The summed E-state index contributed by atoms with van der Waals surface area (Å²) in [6.45, 7) is 2.20. The highest BCUT2D eigenvalue weighted by Crippen LogP contribution is 2.53. The molecule has 5 heterocycles. The fourth-order valence-corrected chi connectivity index (χ4v) is 8.43. The molecule has 220 valence electrons. The van der Waals surface area contributed by atoms with Crippen LogP contribution < -0.4 is 25.6 Å². The van der Waals surface area contributed by atoms with Crippen molar-refractivity contribution in [3.63, 3.8) is 0 Å². The Bertz CT molecular complexity index is 1820. The maximum absolute atomic E-state index is 14.6. The van der Waals surface area contributed by atoms with Crippen molar-refractivity contribution >= 4 is 49.2 Å². The third-order valence-corrected chi connectivity index (χ3v) is 11.5. The Kier molecular flexibility index (Phi) is 5.61. The Morgan fingerprint density at radius 2 is 1.90 bits per heavy atom. The molecule has 0 amide bonds. The van der Waals surface area contributed by atoms with Gasteiger partial charge in [-0.25, -0.2) is 22.8 Å². The van der Waals surface area contributed by atoms with E-state index in [9.17, 15) is 12.8 Å². The van der Waals surface area contributed by atoms with Gasteiger partial charge in [-0.15, -0.1) is 0 Å². The summed E-state index contributed by atoms with van der Waals surface area (Å²) in [5.41, 5.74) is 8.50. The van der Waals surface area contributed by atoms with E-state index in [1.807, 2.05) is 4.90 Å². The Hall–Kier alpha value is -3.78. The van der Waals surface area contributed by atoms with Crippen LogP contribution in [0.5, 0.6) is 11.8 Å². The van der Waals surface area contributed by atoms with Crippen molar-refractivity contribution in [1.29, 1.82) is 0 Å². The van der Waals surface area contributed by atoms with Gasteiger partial charge in [0.05, 0.1) is 40.0 Å². The van der Waals surface area contributed by atoms with Crippen LogP contribution in [0.1, 0.15) is 25.7 Å². The minimum Gasteiger partial charge on any atom is -0.421 e. The number of nitrogens with zero attached hydrogens (tertiary/aromatic N) is 6. The molecule has 0 radical (unpaired) electrons. The topological polar surface area (TPSA) is 155 Å². The molecule has 4 aliphatic rings. The molecular formula is C28H32FN9O3S. The first-order valence-electron chi connectivity index (χ1n) is 14.4. The van der Waals surface area contributed by atoms with E-state index in [4.69, 9.17) is 15.5 Å². The van der Waals surface area contributed by atoms with Crippen molar-refractivity contribution in [2.75, 3.05) is 54.1 Å². The summed E-state index contributed by atoms with van der Waals surface area (Å²) in [5.74, 6) is 1.71. The fourth-order valence-electron chi connectivity index (χ4n) is 6.35. The molecule has 4 aromatic rings. The van der Waals surface area contributed by atoms with Gasteiger partial charge in [0.2, 0.25) is 5.95 Å².